The Morgan fingerprint density at radius 3 is 3.09 bits per heavy atom. The number of rotatable bonds is 0. The molecule has 1 aliphatic heterocycles. The molecule has 1 N–H and O–H groups in total. The Labute approximate surface area is 81.8 Å². The molecule has 0 bridgehead atoms. The molecule has 1 aromatic carbocycles. The fourth-order valence-electron chi connectivity index (χ4n) is 0.951. The van der Waals surface area contributed by atoms with E-state index >= 15 is 0 Å². The highest BCUT2D eigenvalue weighted by molar-refractivity contribution is 9.10. The van der Waals surface area contributed by atoms with E-state index in [-0.39, 0.29) is 0 Å². The highest BCUT2D eigenvalue weighted by Crippen LogP contribution is 2.32. The van der Waals surface area contributed by atoms with Gasteiger partial charge in [-0.25, -0.2) is 0 Å². The first-order valence-corrected chi connectivity index (χ1v) is 5.13. The van der Waals surface area contributed by atoms with Crippen LogP contribution in [0.4, 0.5) is 5.69 Å². The average molecular weight is 251 g/mol. The monoisotopic (exact) mass is 249 g/mol. The summed E-state index contributed by atoms with van der Waals surface area (Å²) in [5, 5.41) is 3.08. The molecule has 4 heteroatoms. The summed E-state index contributed by atoms with van der Waals surface area (Å²) in [7, 11) is 0. The first-order chi connectivity index (χ1) is 5.25. The Morgan fingerprint density at radius 2 is 2.27 bits per heavy atom. The molecule has 0 aliphatic carbocycles. The minimum atomic E-state index is 0.776. The molecule has 0 saturated carbocycles. The summed E-state index contributed by atoms with van der Waals surface area (Å²) in [6.45, 7) is 0. The van der Waals surface area contributed by atoms with E-state index in [0.717, 1.165) is 26.0 Å². The summed E-state index contributed by atoms with van der Waals surface area (Å²) in [4.78, 5) is 1.23. The molecular formula is C7H5BrClNS. The number of fused-ring (bicyclic) bond motifs is 1. The third kappa shape index (κ3) is 1.45. The number of halogens is 2. The van der Waals surface area contributed by atoms with Gasteiger partial charge >= 0.3 is 0 Å². The predicted molar refractivity (Wildman–Crippen MR) is 55.9 cm³/mol. The third-order valence-electron chi connectivity index (χ3n) is 1.42. The molecule has 0 unspecified atom stereocenters. The van der Waals surface area contributed by atoms with Crippen LogP contribution in [-0.2, 0) is 0 Å². The molecular weight excluding hydrogens is 246 g/mol. The number of hydrogen-bond acceptors (Lipinski definition) is 1. The molecule has 58 valence electrons. The zero-order chi connectivity index (χ0) is 7.84. The molecule has 11 heavy (non-hydrogen) atoms. The molecule has 1 aliphatic rings. The number of benzene rings is 1. The normalized spacial score (nSPS) is 14.5. The summed E-state index contributed by atoms with van der Waals surface area (Å²) in [5.41, 5.74) is 1.10. The lowest BCUT2D eigenvalue weighted by Crippen LogP contribution is -1.95. The van der Waals surface area contributed by atoms with E-state index in [1.165, 1.54) is 4.90 Å². The van der Waals surface area contributed by atoms with Gasteiger partial charge < -0.3 is 5.32 Å². The van der Waals surface area contributed by atoms with Crippen LogP contribution in [0.5, 0.6) is 0 Å². The lowest BCUT2D eigenvalue weighted by Gasteiger charge is -1.98. The van der Waals surface area contributed by atoms with Crippen LogP contribution >= 0.6 is 38.9 Å². The van der Waals surface area contributed by atoms with Gasteiger partial charge in [-0.05, 0) is 18.2 Å². The van der Waals surface area contributed by atoms with Gasteiger partial charge in [-0.15, -0.1) is 11.4 Å². The maximum atomic E-state index is 5.81. The second-order valence-electron chi connectivity index (χ2n) is 2.19. The minimum Gasteiger partial charge on any atom is -0.340 e. The number of thiol groups is 1. The summed E-state index contributed by atoms with van der Waals surface area (Å²) in [5.74, 6) is 0. The van der Waals surface area contributed by atoms with Crippen LogP contribution in [0.25, 0.3) is 0 Å². The van der Waals surface area contributed by atoms with Gasteiger partial charge in [-0.1, -0.05) is 27.5 Å². The molecule has 2 rings (SSSR count). The van der Waals surface area contributed by atoms with Crippen molar-refractivity contribution in [1.82, 2.24) is 0 Å². The van der Waals surface area contributed by atoms with Gasteiger partial charge in [-0.3, -0.25) is 0 Å². The van der Waals surface area contributed by atoms with Gasteiger partial charge in [-0.2, -0.15) is 0 Å². The van der Waals surface area contributed by atoms with Crippen molar-refractivity contribution in [2.45, 2.75) is 4.90 Å². The van der Waals surface area contributed by atoms with Crippen LogP contribution < -0.4 is 5.32 Å². The van der Waals surface area contributed by atoms with E-state index < -0.39 is 0 Å². The van der Waals surface area contributed by atoms with E-state index in [4.69, 9.17) is 11.6 Å². The van der Waals surface area contributed by atoms with Crippen molar-refractivity contribution in [3.05, 3.63) is 22.7 Å². The number of nitrogens with one attached hydrogen (secondary N) is 1. The fraction of sp³-hybridized carbons (Fsp3) is 0. The van der Waals surface area contributed by atoms with Crippen LogP contribution in [0.3, 0.4) is 0 Å². The highest BCUT2D eigenvalue weighted by atomic mass is 79.9. The topological polar surface area (TPSA) is 12.0 Å². The second-order valence-corrected chi connectivity index (χ2v) is 4.90. The van der Waals surface area contributed by atoms with Crippen LogP contribution in [-0.4, -0.2) is 4.45 Å². The van der Waals surface area contributed by atoms with Crippen LogP contribution in [0.1, 0.15) is 0 Å². The van der Waals surface area contributed by atoms with Crippen molar-refractivity contribution < 1.29 is 0 Å². The zero-order valence-corrected chi connectivity index (χ0v) is 8.67. The summed E-state index contributed by atoms with van der Waals surface area (Å²) >= 11 is 10.3. The van der Waals surface area contributed by atoms with Gasteiger partial charge in [0.25, 0.3) is 0 Å². The maximum absolute atomic E-state index is 5.81. The average Bonchev–Trinajstić information content (AvgIpc) is 2.27. The summed E-state index contributed by atoms with van der Waals surface area (Å²) in [6.07, 6.45) is 0. The third-order valence-corrected chi connectivity index (χ3v) is 3.20. The van der Waals surface area contributed by atoms with Crippen molar-refractivity contribution >= 4 is 49.0 Å². The smallest absolute Gasteiger partial charge is 0.133 e. The van der Waals surface area contributed by atoms with Crippen LogP contribution in [0, 0.1) is 0 Å². The fourth-order valence-corrected chi connectivity index (χ4v) is 2.46. The quantitative estimate of drug-likeness (QED) is 0.312. The van der Waals surface area contributed by atoms with Gasteiger partial charge in [0.05, 0.1) is 5.69 Å². The van der Waals surface area contributed by atoms with E-state index in [9.17, 15) is 0 Å². The standard InChI is InChI=1S/C7H5BrClNS/c8-4-1-2-6-5(3-4)10-7(9)11-6/h1-3,10-11H. The molecule has 0 radical (unpaired) electrons. The molecule has 0 spiro atoms. The lowest BCUT2D eigenvalue weighted by atomic mass is 10.3. The maximum Gasteiger partial charge on any atom is 0.133 e. The molecule has 0 saturated heterocycles. The Kier molecular flexibility index (Phi) is 1.95. The van der Waals surface area contributed by atoms with E-state index in [2.05, 4.69) is 27.3 Å². The zero-order valence-electron chi connectivity index (χ0n) is 5.44. The highest BCUT2D eigenvalue weighted by Gasteiger charge is 2.08. The van der Waals surface area contributed by atoms with Gasteiger partial charge in [0.2, 0.25) is 0 Å². The Morgan fingerprint density at radius 1 is 1.45 bits per heavy atom. The van der Waals surface area contributed by atoms with E-state index in [1.54, 1.807) is 0 Å². The Hall–Kier alpha value is 0.01000. The number of anilines is 1. The minimum absolute atomic E-state index is 0.776. The molecule has 1 aromatic rings. The van der Waals surface area contributed by atoms with Crippen molar-refractivity contribution in [3.63, 3.8) is 0 Å². The van der Waals surface area contributed by atoms with Crippen molar-refractivity contribution in [1.29, 1.82) is 0 Å². The van der Waals surface area contributed by atoms with Gasteiger partial charge in [0.15, 0.2) is 0 Å². The van der Waals surface area contributed by atoms with Crippen molar-refractivity contribution in [2.24, 2.45) is 0 Å². The SMILES string of the molecule is ClC1=[SH]c2ccc(Br)cc2N1. The Bertz CT molecular complexity index is 337. The molecule has 0 amide bonds. The van der Waals surface area contributed by atoms with E-state index in [0.29, 0.717) is 0 Å². The predicted octanol–water partition coefficient (Wildman–Crippen LogP) is 3.03. The first-order valence-electron chi connectivity index (χ1n) is 3.06. The van der Waals surface area contributed by atoms with Gasteiger partial charge in [0, 0.05) is 9.37 Å². The van der Waals surface area contributed by atoms with E-state index in [1.807, 2.05) is 12.1 Å². The van der Waals surface area contributed by atoms with Crippen molar-refractivity contribution in [3.8, 4) is 0 Å². The Balaban J connectivity index is 2.52. The molecule has 0 fully saturated rings. The lowest BCUT2D eigenvalue weighted by molar-refractivity contribution is 1.45. The molecule has 0 atom stereocenters. The van der Waals surface area contributed by atoms with Crippen molar-refractivity contribution in [2.75, 3.05) is 5.32 Å². The summed E-state index contributed by atoms with van der Waals surface area (Å²) in [6, 6.07) is 6.10. The molecule has 1 nitrogen and oxygen atoms in total. The molecule has 0 aromatic heterocycles. The van der Waals surface area contributed by atoms with Crippen LogP contribution in [0.2, 0.25) is 0 Å². The first kappa shape index (κ1) is 7.65. The van der Waals surface area contributed by atoms with Crippen LogP contribution in [0.15, 0.2) is 27.6 Å². The molecule has 1 heterocycles. The number of hydrogen-bond donors (Lipinski definition) is 2. The van der Waals surface area contributed by atoms with Gasteiger partial charge in [0.1, 0.15) is 4.45 Å². The second kappa shape index (κ2) is 2.81. The largest absolute Gasteiger partial charge is 0.340 e. The summed E-state index contributed by atoms with van der Waals surface area (Å²) < 4.78 is 1.85.